The first kappa shape index (κ1) is 25.6. The van der Waals surface area contributed by atoms with E-state index in [2.05, 4.69) is 10.3 Å². The van der Waals surface area contributed by atoms with Gasteiger partial charge < -0.3 is 11.1 Å². The number of nitrogens with zero attached hydrogens (tertiary/aromatic N) is 2. The third-order valence-electron chi connectivity index (χ3n) is 5.56. The second-order valence-corrected chi connectivity index (χ2v) is 10.7. The molecule has 2 atom stereocenters. The van der Waals surface area contributed by atoms with E-state index in [1.807, 2.05) is 6.07 Å². The predicted molar refractivity (Wildman–Crippen MR) is 139 cm³/mol. The molecule has 1 saturated carbocycles. The number of Topliss-reactive ketones (excluding diaryl/α,β-unsaturated/α-hetero) is 1. The summed E-state index contributed by atoms with van der Waals surface area (Å²) in [4.78, 5) is 29.9. The van der Waals surface area contributed by atoms with Crippen molar-refractivity contribution in [1.82, 2.24) is 4.98 Å². The summed E-state index contributed by atoms with van der Waals surface area (Å²) in [6.07, 6.45) is -0.0975. The lowest BCUT2D eigenvalue weighted by atomic mass is 10.0. The topological polar surface area (TPSA) is 109 Å². The van der Waals surface area contributed by atoms with Crippen molar-refractivity contribution in [2.75, 3.05) is 11.1 Å². The molecule has 1 aliphatic carbocycles. The number of ketones is 1. The van der Waals surface area contributed by atoms with Crippen LogP contribution in [-0.4, -0.2) is 21.0 Å². The molecule has 3 N–H and O–H groups in total. The first-order chi connectivity index (χ1) is 16.5. The van der Waals surface area contributed by atoms with Crippen molar-refractivity contribution < 1.29 is 9.59 Å². The van der Waals surface area contributed by atoms with Crippen molar-refractivity contribution in [2.24, 2.45) is 5.92 Å². The van der Waals surface area contributed by atoms with Crippen molar-refractivity contribution in [1.29, 1.82) is 5.26 Å². The van der Waals surface area contributed by atoms with Gasteiger partial charge >= 0.3 is 0 Å². The van der Waals surface area contributed by atoms with Crippen LogP contribution in [0.15, 0.2) is 48.5 Å². The number of nitrogens with one attached hydrogen (secondary N) is 1. The van der Waals surface area contributed by atoms with Gasteiger partial charge in [-0.25, -0.2) is 4.98 Å². The lowest BCUT2D eigenvalue weighted by molar-refractivity contribution is -0.117. The van der Waals surface area contributed by atoms with Gasteiger partial charge in [-0.3, -0.25) is 9.59 Å². The molecule has 0 radical (unpaired) electrons. The summed E-state index contributed by atoms with van der Waals surface area (Å²) in [5.41, 5.74) is 7.50. The number of carbonyl (C=O) groups is 2. The molecule has 0 saturated heterocycles. The standard InChI is InChI=1S/C24H15Cl5N4O2/c25-13-5-12(6-14(26)7-13)20-21(24(20,28)29)23(35)33-15-3-4-18(27)17(8-15)19(34)9-16-2-1-11(10-30)22(31)32-16/h1-8,20-21H,9H2,(H2,31,32)(H,33,35). The maximum absolute atomic E-state index is 13.0. The van der Waals surface area contributed by atoms with Crippen LogP contribution in [0.4, 0.5) is 11.5 Å². The van der Waals surface area contributed by atoms with Gasteiger partial charge in [-0.15, -0.1) is 23.2 Å². The Hall–Kier alpha value is -2.53. The summed E-state index contributed by atoms with van der Waals surface area (Å²) in [6, 6.07) is 14.4. The monoisotopic (exact) mass is 566 g/mol. The van der Waals surface area contributed by atoms with E-state index in [9.17, 15) is 9.59 Å². The number of amides is 1. The number of anilines is 2. The maximum atomic E-state index is 13.0. The van der Waals surface area contributed by atoms with Gasteiger partial charge in [-0.2, -0.15) is 5.26 Å². The highest BCUT2D eigenvalue weighted by Crippen LogP contribution is 2.65. The average Bonchev–Trinajstić information content (AvgIpc) is 3.36. The number of hydrogen-bond acceptors (Lipinski definition) is 5. The quantitative estimate of drug-likeness (QED) is 0.263. The molecule has 11 heteroatoms. The first-order valence-corrected chi connectivity index (χ1v) is 12.0. The number of hydrogen-bond donors (Lipinski definition) is 2. The fourth-order valence-electron chi connectivity index (χ4n) is 3.83. The van der Waals surface area contributed by atoms with Gasteiger partial charge in [0, 0.05) is 27.2 Å². The molecule has 178 valence electrons. The summed E-state index contributed by atoms with van der Waals surface area (Å²) in [6.45, 7) is 0. The van der Waals surface area contributed by atoms with Crippen LogP contribution in [0.3, 0.4) is 0 Å². The number of alkyl halides is 2. The molecule has 4 rings (SSSR count). The number of nitrogens with two attached hydrogens (primary N) is 1. The normalized spacial score (nSPS) is 17.9. The minimum atomic E-state index is -1.34. The molecule has 1 fully saturated rings. The van der Waals surface area contributed by atoms with E-state index in [4.69, 9.17) is 69.0 Å². The third-order valence-corrected chi connectivity index (χ3v) is 7.27. The Labute approximate surface area is 225 Å². The molecule has 3 aromatic rings. The lowest BCUT2D eigenvalue weighted by Crippen LogP contribution is -2.17. The molecule has 1 aliphatic rings. The molecule has 0 aliphatic heterocycles. The summed E-state index contributed by atoms with van der Waals surface area (Å²) < 4.78 is -1.34. The number of benzene rings is 2. The molecule has 1 amide bonds. The highest BCUT2D eigenvalue weighted by molar-refractivity contribution is 6.53. The number of nitrogen functional groups attached to an aromatic ring is 1. The van der Waals surface area contributed by atoms with Crippen LogP contribution in [0, 0.1) is 17.2 Å². The molecule has 1 heterocycles. The zero-order valence-corrected chi connectivity index (χ0v) is 21.4. The van der Waals surface area contributed by atoms with Crippen LogP contribution in [-0.2, 0) is 11.2 Å². The Morgan fingerprint density at radius 3 is 2.37 bits per heavy atom. The highest BCUT2D eigenvalue weighted by Gasteiger charge is 2.67. The fraction of sp³-hybridized carbons (Fsp3) is 0.167. The van der Waals surface area contributed by atoms with Gasteiger partial charge in [0.05, 0.1) is 28.6 Å². The van der Waals surface area contributed by atoms with E-state index in [0.717, 1.165) is 0 Å². The molecule has 1 aromatic heterocycles. The molecule has 0 bridgehead atoms. The lowest BCUT2D eigenvalue weighted by Gasteiger charge is -2.09. The number of halogens is 5. The van der Waals surface area contributed by atoms with Crippen LogP contribution >= 0.6 is 58.0 Å². The Morgan fingerprint density at radius 1 is 1.06 bits per heavy atom. The second-order valence-electron chi connectivity index (χ2n) is 7.96. The van der Waals surface area contributed by atoms with Crippen molar-refractivity contribution in [3.05, 3.63) is 86.0 Å². The number of rotatable bonds is 6. The van der Waals surface area contributed by atoms with Crippen LogP contribution in [0.2, 0.25) is 15.1 Å². The van der Waals surface area contributed by atoms with Gasteiger partial charge in [-0.05, 0) is 54.1 Å². The van der Waals surface area contributed by atoms with Crippen LogP contribution in [0.5, 0.6) is 0 Å². The Morgan fingerprint density at radius 2 is 1.74 bits per heavy atom. The van der Waals surface area contributed by atoms with Gasteiger partial charge in [0.15, 0.2) is 5.78 Å². The van der Waals surface area contributed by atoms with E-state index in [1.165, 1.54) is 18.2 Å². The molecule has 35 heavy (non-hydrogen) atoms. The molecule has 6 nitrogen and oxygen atoms in total. The van der Waals surface area contributed by atoms with Crippen LogP contribution < -0.4 is 11.1 Å². The number of aromatic nitrogens is 1. The molecule has 0 spiro atoms. The largest absolute Gasteiger partial charge is 0.383 e. The van der Waals surface area contributed by atoms with Crippen molar-refractivity contribution >= 4 is 81.2 Å². The highest BCUT2D eigenvalue weighted by atomic mass is 35.5. The van der Waals surface area contributed by atoms with Crippen molar-refractivity contribution in [3.8, 4) is 6.07 Å². The van der Waals surface area contributed by atoms with Crippen LogP contribution in [0.1, 0.15) is 33.1 Å². The zero-order chi connectivity index (χ0) is 25.5. The predicted octanol–water partition coefficient (Wildman–Crippen LogP) is 6.45. The number of carbonyl (C=O) groups excluding carboxylic acids is 2. The van der Waals surface area contributed by atoms with Gasteiger partial charge in [-0.1, -0.05) is 34.8 Å². The number of nitriles is 1. The minimum Gasteiger partial charge on any atom is -0.383 e. The Balaban J connectivity index is 1.51. The van der Waals surface area contributed by atoms with Gasteiger partial charge in [0.25, 0.3) is 0 Å². The summed E-state index contributed by atoms with van der Waals surface area (Å²) in [5, 5.41) is 12.7. The first-order valence-electron chi connectivity index (χ1n) is 10.1. The summed E-state index contributed by atoms with van der Waals surface area (Å²) in [5.74, 6) is -2.01. The third kappa shape index (κ3) is 5.35. The second kappa shape index (κ2) is 9.85. The Bertz CT molecular complexity index is 1380. The van der Waals surface area contributed by atoms with Crippen molar-refractivity contribution in [3.63, 3.8) is 0 Å². The summed E-state index contributed by atoms with van der Waals surface area (Å²) in [7, 11) is 0. The van der Waals surface area contributed by atoms with Crippen LogP contribution in [0.25, 0.3) is 0 Å². The zero-order valence-electron chi connectivity index (χ0n) is 17.7. The van der Waals surface area contributed by atoms with E-state index in [1.54, 1.807) is 30.3 Å². The van der Waals surface area contributed by atoms with Gasteiger partial charge in [0.2, 0.25) is 5.91 Å². The fourth-order valence-corrected chi connectivity index (χ4v) is 5.42. The summed E-state index contributed by atoms with van der Waals surface area (Å²) >= 11 is 31.2. The van der Waals surface area contributed by atoms with Crippen molar-refractivity contribution in [2.45, 2.75) is 16.7 Å². The Kier molecular flexibility index (Phi) is 7.19. The minimum absolute atomic E-state index is 0.0375. The number of pyridine rings is 1. The molecule has 2 aromatic carbocycles. The molecular formula is C24H15Cl5N4O2. The van der Waals surface area contributed by atoms with E-state index in [-0.39, 0.29) is 34.2 Å². The van der Waals surface area contributed by atoms with Gasteiger partial charge in [0.1, 0.15) is 16.2 Å². The SMILES string of the molecule is N#Cc1ccc(CC(=O)c2cc(NC(=O)C3C(c4cc(Cl)cc(Cl)c4)C3(Cl)Cl)ccc2Cl)nc1N. The molecular weight excluding hydrogens is 554 g/mol. The van der Waals surface area contributed by atoms with E-state index < -0.39 is 22.1 Å². The smallest absolute Gasteiger partial charge is 0.231 e. The average molecular weight is 569 g/mol. The molecule has 2 unspecified atom stereocenters. The van der Waals surface area contributed by atoms with E-state index in [0.29, 0.717) is 27.0 Å². The maximum Gasteiger partial charge on any atom is 0.231 e. The van der Waals surface area contributed by atoms with E-state index >= 15 is 0 Å².